The molecule has 0 aromatic heterocycles. The molecule has 0 aliphatic carbocycles. The Morgan fingerprint density at radius 1 is 1.16 bits per heavy atom. The summed E-state index contributed by atoms with van der Waals surface area (Å²) in [4.78, 5) is 27.6. The molecule has 1 aliphatic heterocycles. The number of hydrogen-bond acceptors (Lipinski definition) is 4. The lowest BCUT2D eigenvalue weighted by Gasteiger charge is -2.36. The highest BCUT2D eigenvalue weighted by Gasteiger charge is 2.31. The van der Waals surface area contributed by atoms with Gasteiger partial charge in [0.2, 0.25) is 5.91 Å². The van der Waals surface area contributed by atoms with E-state index in [4.69, 9.17) is 5.11 Å². The Balaban J connectivity index is 1.91. The summed E-state index contributed by atoms with van der Waals surface area (Å²) in [5.41, 5.74) is -0.219. The maximum absolute atomic E-state index is 12.8. The minimum atomic E-state index is -4.39. The standard InChI is InChI=1S/C16H20F3N3O3/c1-20(11-15(24)25)10-14(23)22-7-5-21(6-8-22)13-4-2-3-12(9-13)16(17,18)19/h2-4,9H,5-8,10-11H2,1H3,(H,24,25). The topological polar surface area (TPSA) is 64.1 Å². The van der Waals surface area contributed by atoms with Crippen LogP contribution in [0.3, 0.4) is 0 Å². The number of rotatable bonds is 5. The van der Waals surface area contributed by atoms with E-state index in [9.17, 15) is 22.8 Å². The van der Waals surface area contributed by atoms with Crippen molar-refractivity contribution in [2.45, 2.75) is 6.18 Å². The van der Waals surface area contributed by atoms with E-state index in [0.29, 0.717) is 31.9 Å². The highest BCUT2D eigenvalue weighted by Crippen LogP contribution is 2.31. The SMILES string of the molecule is CN(CC(=O)O)CC(=O)N1CCN(c2cccc(C(F)(F)F)c2)CC1. The molecule has 138 valence electrons. The summed E-state index contributed by atoms with van der Waals surface area (Å²) in [5.74, 6) is -1.20. The smallest absolute Gasteiger partial charge is 0.416 e. The highest BCUT2D eigenvalue weighted by molar-refractivity contribution is 5.79. The van der Waals surface area contributed by atoms with Crippen molar-refractivity contribution in [3.8, 4) is 0 Å². The van der Waals surface area contributed by atoms with E-state index in [1.807, 2.05) is 0 Å². The van der Waals surface area contributed by atoms with Gasteiger partial charge in [0.15, 0.2) is 0 Å². The van der Waals surface area contributed by atoms with E-state index in [-0.39, 0.29) is 19.0 Å². The second-order valence-corrected chi connectivity index (χ2v) is 5.98. The van der Waals surface area contributed by atoms with Crippen molar-refractivity contribution in [2.24, 2.45) is 0 Å². The molecular formula is C16H20F3N3O3. The quantitative estimate of drug-likeness (QED) is 0.860. The Morgan fingerprint density at radius 2 is 1.80 bits per heavy atom. The first-order valence-electron chi connectivity index (χ1n) is 7.77. The van der Waals surface area contributed by atoms with Crippen LogP contribution in [-0.4, -0.2) is 73.1 Å². The van der Waals surface area contributed by atoms with Gasteiger partial charge in [-0.3, -0.25) is 14.5 Å². The number of carboxylic acid groups (broad SMARTS) is 1. The molecule has 1 fully saturated rings. The summed E-state index contributed by atoms with van der Waals surface area (Å²) >= 11 is 0. The number of carbonyl (C=O) groups excluding carboxylic acids is 1. The third-order valence-corrected chi connectivity index (χ3v) is 3.98. The van der Waals surface area contributed by atoms with Crippen LogP contribution in [-0.2, 0) is 15.8 Å². The van der Waals surface area contributed by atoms with Crippen LogP contribution in [0, 0.1) is 0 Å². The maximum atomic E-state index is 12.8. The van der Waals surface area contributed by atoms with Gasteiger partial charge in [0.25, 0.3) is 0 Å². The molecule has 9 heteroatoms. The Hall–Kier alpha value is -2.29. The van der Waals surface area contributed by atoms with Gasteiger partial charge in [-0.05, 0) is 25.2 Å². The molecule has 1 saturated heterocycles. The molecule has 0 bridgehead atoms. The van der Waals surface area contributed by atoms with Gasteiger partial charge in [-0.1, -0.05) is 6.07 Å². The van der Waals surface area contributed by atoms with Gasteiger partial charge >= 0.3 is 12.1 Å². The first kappa shape index (κ1) is 19.0. The first-order valence-corrected chi connectivity index (χ1v) is 7.77. The zero-order valence-corrected chi connectivity index (χ0v) is 13.8. The molecule has 25 heavy (non-hydrogen) atoms. The van der Waals surface area contributed by atoms with Crippen molar-refractivity contribution in [3.63, 3.8) is 0 Å². The van der Waals surface area contributed by atoms with E-state index in [1.54, 1.807) is 22.9 Å². The Bertz CT molecular complexity index is 629. The minimum Gasteiger partial charge on any atom is -0.480 e. The van der Waals surface area contributed by atoms with Crippen molar-refractivity contribution in [1.29, 1.82) is 0 Å². The zero-order valence-electron chi connectivity index (χ0n) is 13.8. The molecular weight excluding hydrogens is 339 g/mol. The van der Waals surface area contributed by atoms with Gasteiger partial charge in [0.05, 0.1) is 18.7 Å². The van der Waals surface area contributed by atoms with Crippen LogP contribution in [0.4, 0.5) is 18.9 Å². The van der Waals surface area contributed by atoms with Crippen LogP contribution in [0.1, 0.15) is 5.56 Å². The molecule has 1 heterocycles. The van der Waals surface area contributed by atoms with E-state index >= 15 is 0 Å². The number of hydrogen-bond donors (Lipinski definition) is 1. The monoisotopic (exact) mass is 359 g/mol. The largest absolute Gasteiger partial charge is 0.480 e. The number of alkyl halides is 3. The van der Waals surface area contributed by atoms with Crippen molar-refractivity contribution in [1.82, 2.24) is 9.80 Å². The number of anilines is 1. The number of amides is 1. The predicted molar refractivity (Wildman–Crippen MR) is 85.4 cm³/mol. The first-order chi connectivity index (χ1) is 11.7. The maximum Gasteiger partial charge on any atom is 0.416 e. The zero-order chi connectivity index (χ0) is 18.6. The van der Waals surface area contributed by atoms with Gasteiger partial charge in [-0.15, -0.1) is 0 Å². The van der Waals surface area contributed by atoms with Gasteiger partial charge in [-0.2, -0.15) is 13.2 Å². The lowest BCUT2D eigenvalue weighted by Crippen LogP contribution is -2.51. The molecule has 2 rings (SSSR count). The van der Waals surface area contributed by atoms with E-state index in [0.717, 1.165) is 12.1 Å². The molecule has 0 atom stereocenters. The number of benzene rings is 1. The number of piperazine rings is 1. The second kappa shape index (κ2) is 7.73. The number of aliphatic carboxylic acids is 1. The Kier molecular flexibility index (Phi) is 5.89. The summed E-state index contributed by atoms with van der Waals surface area (Å²) in [6.07, 6.45) is -4.39. The second-order valence-electron chi connectivity index (χ2n) is 5.98. The van der Waals surface area contributed by atoms with E-state index in [2.05, 4.69) is 0 Å². The molecule has 1 N–H and O–H groups in total. The third kappa shape index (κ3) is 5.35. The van der Waals surface area contributed by atoms with Crippen molar-refractivity contribution in [3.05, 3.63) is 29.8 Å². The molecule has 1 aromatic rings. The van der Waals surface area contributed by atoms with Gasteiger partial charge in [0, 0.05) is 31.9 Å². The fourth-order valence-corrected chi connectivity index (χ4v) is 2.71. The fourth-order valence-electron chi connectivity index (χ4n) is 2.71. The van der Waals surface area contributed by atoms with Crippen LogP contribution >= 0.6 is 0 Å². The van der Waals surface area contributed by atoms with Gasteiger partial charge in [-0.25, -0.2) is 0 Å². The number of carboxylic acids is 1. The van der Waals surface area contributed by atoms with Crippen LogP contribution in [0.2, 0.25) is 0 Å². The Morgan fingerprint density at radius 3 is 2.36 bits per heavy atom. The molecule has 1 aliphatic rings. The predicted octanol–water partition coefficient (Wildman–Crippen LogP) is 1.37. The third-order valence-electron chi connectivity index (χ3n) is 3.98. The van der Waals surface area contributed by atoms with Crippen molar-refractivity contribution in [2.75, 3.05) is 51.2 Å². The number of likely N-dealkylation sites (N-methyl/N-ethyl adjacent to an activating group) is 1. The number of nitrogens with zero attached hydrogens (tertiary/aromatic N) is 3. The number of carbonyl (C=O) groups is 2. The summed E-state index contributed by atoms with van der Waals surface area (Å²) in [5, 5.41) is 8.69. The van der Waals surface area contributed by atoms with Crippen LogP contribution in [0.15, 0.2) is 24.3 Å². The molecule has 0 spiro atoms. The molecule has 1 amide bonds. The normalized spacial score (nSPS) is 15.6. The summed E-state index contributed by atoms with van der Waals surface area (Å²) in [6, 6.07) is 5.13. The molecule has 0 radical (unpaired) electrons. The molecule has 0 unspecified atom stereocenters. The summed E-state index contributed by atoms with van der Waals surface area (Å²) in [7, 11) is 1.55. The molecule has 1 aromatic carbocycles. The van der Waals surface area contributed by atoms with Crippen molar-refractivity contribution >= 4 is 17.6 Å². The lowest BCUT2D eigenvalue weighted by molar-refractivity contribution is -0.139. The summed E-state index contributed by atoms with van der Waals surface area (Å²) < 4.78 is 38.4. The Labute approximate surface area is 143 Å². The average molecular weight is 359 g/mol. The van der Waals surface area contributed by atoms with Gasteiger partial charge in [0.1, 0.15) is 0 Å². The minimum absolute atomic E-state index is 0.00411. The lowest BCUT2D eigenvalue weighted by atomic mass is 10.1. The van der Waals surface area contributed by atoms with E-state index in [1.165, 1.54) is 11.0 Å². The van der Waals surface area contributed by atoms with Crippen molar-refractivity contribution < 1.29 is 27.9 Å². The van der Waals surface area contributed by atoms with Gasteiger partial charge < -0.3 is 14.9 Å². The van der Waals surface area contributed by atoms with Crippen LogP contribution in [0.25, 0.3) is 0 Å². The number of halogens is 3. The van der Waals surface area contributed by atoms with Crippen LogP contribution < -0.4 is 4.90 Å². The van der Waals surface area contributed by atoms with E-state index < -0.39 is 17.7 Å². The van der Waals surface area contributed by atoms with Crippen LogP contribution in [0.5, 0.6) is 0 Å². The fraction of sp³-hybridized carbons (Fsp3) is 0.500. The average Bonchev–Trinajstić information content (AvgIpc) is 2.53. The summed E-state index contributed by atoms with van der Waals surface area (Å²) in [6.45, 7) is 1.39. The highest BCUT2D eigenvalue weighted by atomic mass is 19.4. The molecule has 6 nitrogen and oxygen atoms in total. The molecule has 0 saturated carbocycles.